The van der Waals surface area contributed by atoms with Gasteiger partial charge in [0.05, 0.1) is 28.3 Å². The summed E-state index contributed by atoms with van der Waals surface area (Å²) in [6.07, 6.45) is 0. The Labute approximate surface area is 201 Å². The van der Waals surface area contributed by atoms with Gasteiger partial charge in [-0.1, -0.05) is 12.1 Å². The molecule has 0 bridgehead atoms. The highest BCUT2D eigenvalue weighted by Gasteiger charge is 2.23. The Kier molecular flexibility index (Phi) is 6.73. The van der Waals surface area contributed by atoms with Gasteiger partial charge in [-0.15, -0.1) is 0 Å². The second-order valence-electron chi connectivity index (χ2n) is 7.41. The molecule has 0 spiro atoms. The number of benzene rings is 3. The van der Waals surface area contributed by atoms with Crippen molar-refractivity contribution in [3.05, 3.63) is 76.3 Å². The lowest BCUT2D eigenvalue weighted by Gasteiger charge is -2.18. The maximum atomic E-state index is 12.9. The summed E-state index contributed by atoms with van der Waals surface area (Å²) in [6.45, 7) is 2.64. The van der Waals surface area contributed by atoms with E-state index in [1.54, 1.807) is 43.3 Å². The molecule has 2 N–H and O–H groups in total. The summed E-state index contributed by atoms with van der Waals surface area (Å²) in [5.74, 6) is 1.54. The van der Waals surface area contributed by atoms with E-state index >= 15 is 0 Å². The van der Waals surface area contributed by atoms with Gasteiger partial charge in [0, 0.05) is 11.6 Å². The van der Waals surface area contributed by atoms with E-state index in [0.29, 0.717) is 36.2 Å². The van der Waals surface area contributed by atoms with Crippen molar-refractivity contribution in [3.63, 3.8) is 0 Å². The fourth-order valence-electron chi connectivity index (χ4n) is 3.33. The van der Waals surface area contributed by atoms with Crippen LogP contribution in [0.3, 0.4) is 0 Å². The molecular weight excluding hydrogens is 476 g/mol. The second kappa shape index (κ2) is 9.89. The highest BCUT2D eigenvalue weighted by atomic mass is 32.2. The number of nitrogens with one attached hydrogen (secondary N) is 2. The summed E-state index contributed by atoms with van der Waals surface area (Å²) >= 11 is 0. The van der Waals surface area contributed by atoms with Crippen molar-refractivity contribution in [3.8, 4) is 17.2 Å². The molecule has 3 aromatic rings. The summed E-state index contributed by atoms with van der Waals surface area (Å²) in [4.78, 5) is 10.7. The first-order valence-electron chi connectivity index (χ1n) is 10.4. The number of fused-ring (bicyclic) bond motifs is 1. The molecule has 0 amide bonds. The molecular formula is C23H22N4O7S. The molecule has 0 saturated heterocycles. The number of ether oxygens (including phenoxy) is 3. The van der Waals surface area contributed by atoms with Gasteiger partial charge in [-0.25, -0.2) is 8.42 Å². The highest BCUT2D eigenvalue weighted by Crippen LogP contribution is 2.32. The molecule has 0 fully saturated rings. The predicted molar refractivity (Wildman–Crippen MR) is 130 cm³/mol. The number of nitro groups is 1. The number of hydrogen-bond acceptors (Lipinski definition) is 9. The molecule has 1 heterocycles. The normalized spacial score (nSPS) is 13.1. The van der Waals surface area contributed by atoms with Crippen molar-refractivity contribution in [1.82, 2.24) is 0 Å². The number of para-hydroxylation sites is 2. The monoisotopic (exact) mass is 498 g/mol. The van der Waals surface area contributed by atoms with Gasteiger partial charge in [-0.2, -0.15) is 5.10 Å². The zero-order chi connectivity index (χ0) is 25.0. The van der Waals surface area contributed by atoms with Crippen LogP contribution >= 0.6 is 0 Å². The van der Waals surface area contributed by atoms with Crippen LogP contribution in [0, 0.1) is 10.1 Å². The van der Waals surface area contributed by atoms with Crippen LogP contribution in [0.15, 0.2) is 70.7 Å². The first kappa shape index (κ1) is 23.8. The quantitative estimate of drug-likeness (QED) is 0.270. The number of hydrogen-bond donors (Lipinski definition) is 2. The topological polar surface area (TPSA) is 141 Å². The fourth-order valence-corrected chi connectivity index (χ4v) is 4.42. The van der Waals surface area contributed by atoms with Crippen LogP contribution in [0.25, 0.3) is 0 Å². The third kappa shape index (κ3) is 5.27. The van der Waals surface area contributed by atoms with Crippen molar-refractivity contribution in [2.45, 2.75) is 11.8 Å². The first-order valence-corrected chi connectivity index (χ1v) is 11.9. The highest BCUT2D eigenvalue weighted by molar-refractivity contribution is 7.92. The van der Waals surface area contributed by atoms with E-state index in [4.69, 9.17) is 14.2 Å². The average molecular weight is 499 g/mol. The van der Waals surface area contributed by atoms with E-state index in [9.17, 15) is 18.5 Å². The van der Waals surface area contributed by atoms with Crippen molar-refractivity contribution in [1.29, 1.82) is 0 Å². The number of hydrazone groups is 1. The molecule has 11 nitrogen and oxygen atoms in total. The number of methoxy groups -OCH3 is 1. The van der Waals surface area contributed by atoms with Crippen molar-refractivity contribution < 1.29 is 27.6 Å². The van der Waals surface area contributed by atoms with E-state index < -0.39 is 20.6 Å². The lowest BCUT2D eigenvalue weighted by molar-refractivity contribution is -0.384. The van der Waals surface area contributed by atoms with Gasteiger partial charge in [0.15, 0.2) is 11.5 Å². The summed E-state index contributed by atoms with van der Waals surface area (Å²) in [5, 5.41) is 15.9. The molecule has 1 aliphatic rings. The third-order valence-corrected chi connectivity index (χ3v) is 6.49. The van der Waals surface area contributed by atoms with E-state index in [1.165, 1.54) is 25.3 Å². The Morgan fingerprint density at radius 2 is 1.77 bits per heavy atom. The standard InChI is InChI=1S/C23H22N4O7S/c1-15(16-7-10-22-23(13-16)34-12-11-33-22)24-25-18-9-8-17(14-20(18)27(28)29)35(30,31)26-19-5-3-4-6-21(19)32-2/h3-10,13-14,25-26H,11-12H2,1-2H3/b24-15-. The van der Waals surface area contributed by atoms with Crippen LogP contribution in [0.1, 0.15) is 12.5 Å². The fraction of sp³-hybridized carbons (Fsp3) is 0.174. The van der Waals surface area contributed by atoms with Gasteiger partial charge in [0.2, 0.25) is 0 Å². The van der Waals surface area contributed by atoms with Crippen LogP contribution in [0.4, 0.5) is 17.1 Å². The molecule has 182 valence electrons. The summed E-state index contributed by atoms with van der Waals surface area (Å²) in [7, 11) is -2.72. The molecule has 0 atom stereocenters. The minimum absolute atomic E-state index is 0.0307. The van der Waals surface area contributed by atoms with Crippen LogP contribution < -0.4 is 24.4 Å². The molecule has 0 saturated carbocycles. The second-order valence-corrected chi connectivity index (χ2v) is 9.09. The molecule has 1 aliphatic heterocycles. The van der Waals surface area contributed by atoms with Crippen LogP contribution in [0.2, 0.25) is 0 Å². The Morgan fingerprint density at radius 1 is 1.03 bits per heavy atom. The van der Waals surface area contributed by atoms with Crippen molar-refractivity contribution >= 4 is 32.8 Å². The molecule has 4 rings (SSSR count). The maximum absolute atomic E-state index is 12.9. The van der Waals surface area contributed by atoms with Gasteiger partial charge in [-0.3, -0.25) is 20.3 Å². The third-order valence-electron chi connectivity index (χ3n) is 5.13. The maximum Gasteiger partial charge on any atom is 0.295 e. The molecule has 0 unspecified atom stereocenters. The Morgan fingerprint density at radius 3 is 2.51 bits per heavy atom. The molecule has 35 heavy (non-hydrogen) atoms. The zero-order valence-electron chi connectivity index (χ0n) is 18.8. The summed E-state index contributed by atoms with van der Waals surface area (Å²) < 4.78 is 44.3. The minimum atomic E-state index is -4.13. The number of sulfonamides is 1. The molecule has 0 radical (unpaired) electrons. The Bertz CT molecular complexity index is 1410. The smallest absolute Gasteiger partial charge is 0.295 e. The van der Waals surface area contributed by atoms with E-state index in [0.717, 1.165) is 11.6 Å². The van der Waals surface area contributed by atoms with Crippen LogP contribution in [-0.4, -0.2) is 39.4 Å². The lowest BCUT2D eigenvalue weighted by Crippen LogP contribution is -2.15. The van der Waals surface area contributed by atoms with Gasteiger partial charge in [0.25, 0.3) is 15.7 Å². The van der Waals surface area contributed by atoms with E-state index in [1.807, 2.05) is 0 Å². The van der Waals surface area contributed by atoms with Gasteiger partial charge in [-0.05, 0) is 49.4 Å². The molecule has 12 heteroatoms. The largest absolute Gasteiger partial charge is 0.495 e. The van der Waals surface area contributed by atoms with Gasteiger partial charge in [0.1, 0.15) is 24.7 Å². The molecule has 0 aromatic heterocycles. The average Bonchev–Trinajstić information content (AvgIpc) is 2.86. The summed E-state index contributed by atoms with van der Waals surface area (Å²) in [6, 6.07) is 15.3. The summed E-state index contributed by atoms with van der Waals surface area (Å²) in [5.41, 5.74) is 3.70. The number of nitrogens with zero attached hydrogens (tertiary/aromatic N) is 2. The predicted octanol–water partition coefficient (Wildman–Crippen LogP) is 4.01. The number of rotatable bonds is 8. The van der Waals surface area contributed by atoms with Gasteiger partial charge >= 0.3 is 0 Å². The van der Waals surface area contributed by atoms with Crippen molar-refractivity contribution in [2.24, 2.45) is 5.10 Å². The van der Waals surface area contributed by atoms with Gasteiger partial charge < -0.3 is 14.2 Å². The minimum Gasteiger partial charge on any atom is -0.495 e. The van der Waals surface area contributed by atoms with E-state index in [-0.39, 0.29) is 16.3 Å². The molecule has 3 aromatic carbocycles. The zero-order valence-corrected chi connectivity index (χ0v) is 19.7. The van der Waals surface area contributed by atoms with Crippen LogP contribution in [-0.2, 0) is 10.0 Å². The first-order chi connectivity index (χ1) is 16.8. The SMILES string of the molecule is COc1ccccc1NS(=O)(=O)c1ccc(N/N=C(/C)c2ccc3c(c2)OCCO3)c([N+](=O)[O-])c1. The Balaban J connectivity index is 1.58. The van der Waals surface area contributed by atoms with Crippen LogP contribution in [0.5, 0.6) is 17.2 Å². The van der Waals surface area contributed by atoms with E-state index in [2.05, 4.69) is 15.2 Å². The van der Waals surface area contributed by atoms with Crippen molar-refractivity contribution in [2.75, 3.05) is 30.5 Å². The number of nitro benzene ring substituents is 1. The lowest BCUT2D eigenvalue weighted by atomic mass is 10.1. The Hall–Kier alpha value is -4.32. The molecule has 0 aliphatic carbocycles. The number of anilines is 2.